The fourth-order valence-corrected chi connectivity index (χ4v) is 4.60. The molecule has 1 aliphatic rings. The van der Waals surface area contributed by atoms with Crippen LogP contribution in [0.2, 0.25) is 0 Å². The van der Waals surface area contributed by atoms with Gasteiger partial charge in [-0.2, -0.15) is 5.10 Å². The molecule has 0 spiro atoms. The predicted octanol–water partition coefficient (Wildman–Crippen LogP) is 4.20. The molecule has 0 saturated carbocycles. The van der Waals surface area contributed by atoms with Crippen molar-refractivity contribution in [3.8, 4) is 0 Å². The van der Waals surface area contributed by atoms with Gasteiger partial charge in [-0.05, 0) is 50.8 Å². The third kappa shape index (κ3) is 6.69. The summed E-state index contributed by atoms with van der Waals surface area (Å²) in [7, 11) is 1.88. The summed E-state index contributed by atoms with van der Waals surface area (Å²) in [5.41, 5.74) is 2.32. The predicted molar refractivity (Wildman–Crippen MR) is 130 cm³/mol. The molecular formula is C21H32IN5S. The van der Waals surface area contributed by atoms with Crippen molar-refractivity contribution in [3.05, 3.63) is 47.8 Å². The summed E-state index contributed by atoms with van der Waals surface area (Å²) in [6.07, 6.45) is 2.29. The lowest BCUT2D eigenvalue weighted by Gasteiger charge is -2.21. The summed E-state index contributed by atoms with van der Waals surface area (Å²) in [5, 5.41) is 8.06. The number of aromatic nitrogens is 2. The second kappa shape index (κ2) is 11.7. The topological polar surface area (TPSA) is 45.5 Å². The van der Waals surface area contributed by atoms with Crippen molar-refractivity contribution in [1.29, 1.82) is 0 Å². The highest BCUT2D eigenvalue weighted by Gasteiger charge is 2.24. The lowest BCUT2D eigenvalue weighted by atomic mass is 10.2. The van der Waals surface area contributed by atoms with E-state index in [-0.39, 0.29) is 24.0 Å². The zero-order chi connectivity index (χ0) is 19.1. The van der Waals surface area contributed by atoms with E-state index in [0.29, 0.717) is 0 Å². The zero-order valence-electron chi connectivity index (χ0n) is 17.1. The van der Waals surface area contributed by atoms with Gasteiger partial charge in [-0.3, -0.25) is 9.67 Å². The third-order valence-corrected chi connectivity index (χ3v) is 6.20. The number of nitrogens with one attached hydrogen (secondary N) is 1. The molecule has 1 fully saturated rings. The fraction of sp³-hybridized carbons (Fsp3) is 0.524. The van der Waals surface area contributed by atoms with E-state index in [2.05, 4.69) is 68.3 Å². The van der Waals surface area contributed by atoms with Crippen molar-refractivity contribution in [2.45, 2.75) is 38.1 Å². The molecule has 7 heteroatoms. The van der Waals surface area contributed by atoms with Gasteiger partial charge in [0.2, 0.25) is 0 Å². The molecule has 28 heavy (non-hydrogen) atoms. The van der Waals surface area contributed by atoms with E-state index >= 15 is 0 Å². The van der Waals surface area contributed by atoms with Gasteiger partial charge in [0.25, 0.3) is 0 Å². The van der Waals surface area contributed by atoms with E-state index in [4.69, 9.17) is 0 Å². The van der Waals surface area contributed by atoms with Gasteiger partial charge < -0.3 is 10.2 Å². The molecule has 3 rings (SSSR count). The van der Waals surface area contributed by atoms with Crippen LogP contribution in [0.3, 0.4) is 0 Å². The second-order valence-electron chi connectivity index (χ2n) is 7.20. The Morgan fingerprint density at radius 1 is 1.29 bits per heavy atom. The number of halogens is 1. The maximum Gasteiger partial charge on any atom is 0.193 e. The first-order valence-corrected chi connectivity index (χ1v) is 10.8. The summed E-state index contributed by atoms with van der Waals surface area (Å²) in [4.78, 5) is 8.26. The van der Waals surface area contributed by atoms with E-state index in [1.54, 1.807) is 0 Å². The Kier molecular flexibility index (Phi) is 9.64. The molecule has 0 bridgehead atoms. The number of guanidine groups is 1. The third-order valence-electron chi connectivity index (χ3n) is 4.96. The molecule has 0 amide bonds. The molecule has 1 saturated heterocycles. The minimum atomic E-state index is 0. The number of hydrogen-bond donors (Lipinski definition) is 1. The monoisotopic (exact) mass is 513 g/mol. The maximum absolute atomic E-state index is 4.53. The lowest BCUT2D eigenvalue weighted by molar-refractivity contribution is 0.468. The molecule has 1 atom stereocenters. The highest BCUT2D eigenvalue weighted by atomic mass is 127. The first-order chi connectivity index (χ1) is 13.2. The average Bonchev–Trinajstić information content (AvgIpc) is 3.27. The molecule has 2 heterocycles. The van der Waals surface area contributed by atoms with E-state index < -0.39 is 0 Å². The summed E-state index contributed by atoms with van der Waals surface area (Å²) >= 11 is 1.96. The smallest absolute Gasteiger partial charge is 0.193 e. The van der Waals surface area contributed by atoms with Crippen LogP contribution in [0, 0.1) is 19.8 Å². The van der Waals surface area contributed by atoms with Crippen molar-refractivity contribution < 1.29 is 0 Å². The maximum atomic E-state index is 4.53. The van der Waals surface area contributed by atoms with Crippen LogP contribution in [-0.4, -0.2) is 53.1 Å². The van der Waals surface area contributed by atoms with Crippen molar-refractivity contribution in [1.82, 2.24) is 20.0 Å². The molecule has 2 aromatic rings. The van der Waals surface area contributed by atoms with Crippen molar-refractivity contribution in [2.75, 3.05) is 32.4 Å². The summed E-state index contributed by atoms with van der Waals surface area (Å²) < 4.78 is 2.09. The Hall–Kier alpha value is -1.22. The van der Waals surface area contributed by atoms with Crippen LogP contribution in [0.15, 0.2) is 46.3 Å². The van der Waals surface area contributed by atoms with Gasteiger partial charge in [0.05, 0.1) is 5.69 Å². The van der Waals surface area contributed by atoms with Crippen LogP contribution in [0.4, 0.5) is 0 Å². The fourth-order valence-electron chi connectivity index (χ4n) is 3.55. The summed E-state index contributed by atoms with van der Waals surface area (Å²) in [5.74, 6) is 2.94. The van der Waals surface area contributed by atoms with E-state index in [9.17, 15) is 0 Å². The average molecular weight is 513 g/mol. The van der Waals surface area contributed by atoms with Crippen molar-refractivity contribution in [3.63, 3.8) is 0 Å². The number of nitrogens with zero attached hydrogens (tertiary/aromatic N) is 4. The normalized spacial score (nSPS) is 16.9. The second-order valence-corrected chi connectivity index (χ2v) is 8.30. The van der Waals surface area contributed by atoms with E-state index in [1.165, 1.54) is 22.8 Å². The first kappa shape index (κ1) is 23.1. The van der Waals surface area contributed by atoms with Gasteiger partial charge in [0, 0.05) is 49.6 Å². The van der Waals surface area contributed by atoms with Crippen LogP contribution in [-0.2, 0) is 6.54 Å². The first-order valence-electron chi connectivity index (χ1n) is 9.80. The summed E-state index contributed by atoms with van der Waals surface area (Å²) in [6, 6.07) is 12.8. The summed E-state index contributed by atoms with van der Waals surface area (Å²) in [6.45, 7) is 8.22. The highest BCUT2D eigenvalue weighted by molar-refractivity contribution is 14.0. The molecular weight excluding hydrogens is 481 g/mol. The van der Waals surface area contributed by atoms with Crippen molar-refractivity contribution >= 4 is 41.7 Å². The van der Waals surface area contributed by atoms with Gasteiger partial charge in [-0.1, -0.05) is 18.2 Å². The van der Waals surface area contributed by atoms with Gasteiger partial charge in [0.15, 0.2) is 5.96 Å². The van der Waals surface area contributed by atoms with Gasteiger partial charge in [-0.15, -0.1) is 35.7 Å². The van der Waals surface area contributed by atoms with Crippen LogP contribution in [0.1, 0.15) is 24.2 Å². The van der Waals surface area contributed by atoms with E-state index in [0.717, 1.165) is 50.2 Å². The largest absolute Gasteiger partial charge is 0.356 e. The highest BCUT2D eigenvalue weighted by Crippen LogP contribution is 2.25. The Labute approximate surface area is 190 Å². The minimum absolute atomic E-state index is 0. The number of hydrogen-bond acceptors (Lipinski definition) is 3. The van der Waals surface area contributed by atoms with E-state index in [1.807, 2.05) is 25.7 Å². The number of aryl methyl sites for hydroxylation is 3. The lowest BCUT2D eigenvalue weighted by Crippen LogP contribution is -2.40. The molecule has 1 unspecified atom stereocenters. The molecule has 0 radical (unpaired) electrons. The Bertz CT molecular complexity index is 747. The van der Waals surface area contributed by atoms with Crippen LogP contribution < -0.4 is 5.32 Å². The number of likely N-dealkylation sites (tertiary alicyclic amines) is 1. The molecule has 0 aliphatic carbocycles. The molecule has 5 nitrogen and oxygen atoms in total. The standard InChI is InChI=1S/C21H31N5S.HI/c1-17-14-18(2)26(24-17)12-7-11-23-21(22-3)25-13-10-19(15-25)16-27-20-8-5-4-6-9-20;/h4-6,8-9,14,19H,7,10-13,15-16H2,1-3H3,(H,22,23);1H. The number of rotatable bonds is 7. The molecule has 1 aromatic heterocycles. The van der Waals surface area contributed by atoms with Crippen LogP contribution in [0.25, 0.3) is 0 Å². The number of thioether (sulfide) groups is 1. The SMILES string of the molecule is CN=C(NCCCn1nc(C)cc1C)N1CCC(CSc2ccccc2)C1.I. The van der Waals surface area contributed by atoms with Crippen LogP contribution >= 0.6 is 35.7 Å². The Balaban J connectivity index is 0.00000280. The number of benzene rings is 1. The minimum Gasteiger partial charge on any atom is -0.356 e. The molecule has 154 valence electrons. The Morgan fingerprint density at radius 3 is 2.75 bits per heavy atom. The number of aliphatic imine (C=N–C) groups is 1. The van der Waals surface area contributed by atoms with Crippen molar-refractivity contribution in [2.24, 2.45) is 10.9 Å². The molecule has 1 N–H and O–H groups in total. The molecule has 1 aromatic carbocycles. The van der Waals surface area contributed by atoms with Gasteiger partial charge in [0.1, 0.15) is 0 Å². The van der Waals surface area contributed by atoms with Gasteiger partial charge in [-0.25, -0.2) is 0 Å². The molecule has 1 aliphatic heterocycles. The van der Waals surface area contributed by atoms with Gasteiger partial charge >= 0.3 is 0 Å². The zero-order valence-corrected chi connectivity index (χ0v) is 20.2. The van der Waals surface area contributed by atoms with Crippen LogP contribution in [0.5, 0.6) is 0 Å². The quantitative estimate of drug-likeness (QED) is 0.198. The Morgan fingerprint density at radius 2 is 2.07 bits per heavy atom.